The molecule has 1 N–H and O–H groups in total. The number of hydroxylamine groups is 2. The monoisotopic (exact) mass is 264 g/mol. The van der Waals surface area contributed by atoms with Gasteiger partial charge in [-0.15, -0.1) is 10.3 Å². The molecular weight excluding hydrogens is 242 g/mol. The number of benzene rings is 1. The minimum absolute atomic E-state index is 0.0979. The van der Waals surface area contributed by atoms with E-state index in [1.807, 2.05) is 40.7 Å². The van der Waals surface area contributed by atoms with Crippen LogP contribution in [0.25, 0.3) is 0 Å². The third-order valence-electron chi connectivity index (χ3n) is 3.02. The predicted molar refractivity (Wildman–Crippen MR) is 73.3 cm³/mol. The van der Waals surface area contributed by atoms with Crippen LogP contribution in [0.3, 0.4) is 0 Å². The van der Waals surface area contributed by atoms with Crippen LogP contribution in [0.2, 0.25) is 0 Å². The van der Waals surface area contributed by atoms with E-state index in [1.54, 1.807) is 12.1 Å². The fourth-order valence-electron chi connectivity index (χ4n) is 2.06. The number of hydrogen-bond donors (Lipinski definition) is 1. The van der Waals surface area contributed by atoms with E-state index in [4.69, 9.17) is 5.11 Å². The first kappa shape index (κ1) is 15.7. The molecule has 0 amide bonds. The van der Waals surface area contributed by atoms with Crippen LogP contribution in [0.4, 0.5) is 0 Å². The van der Waals surface area contributed by atoms with E-state index in [-0.39, 0.29) is 17.5 Å². The van der Waals surface area contributed by atoms with E-state index in [0.717, 1.165) is 10.6 Å². The second kappa shape index (κ2) is 5.72. The van der Waals surface area contributed by atoms with Crippen molar-refractivity contribution in [2.75, 3.05) is 0 Å². The first-order valence-electron chi connectivity index (χ1n) is 6.44. The van der Waals surface area contributed by atoms with Crippen molar-refractivity contribution in [3.8, 4) is 0 Å². The molecule has 4 nitrogen and oxygen atoms in total. The lowest BCUT2D eigenvalue weighted by molar-refractivity contribution is -0.250. The Bertz CT molecular complexity index is 449. The average Bonchev–Trinajstić information content (AvgIpc) is 2.27. The van der Waals surface area contributed by atoms with Crippen LogP contribution in [0.1, 0.15) is 56.6 Å². The third kappa shape index (κ3) is 3.78. The fraction of sp³-hybridized carbons (Fsp3) is 0.533. The summed E-state index contributed by atoms with van der Waals surface area (Å²) in [5.74, 6) is -0.877. The van der Waals surface area contributed by atoms with Gasteiger partial charge in [0, 0.05) is 5.54 Å². The van der Waals surface area contributed by atoms with E-state index in [0.29, 0.717) is 0 Å². The summed E-state index contributed by atoms with van der Waals surface area (Å²) in [5.41, 5.74) is 0.444. The van der Waals surface area contributed by atoms with Gasteiger partial charge in [-0.3, -0.25) is 0 Å². The molecule has 0 bridgehead atoms. The van der Waals surface area contributed by atoms with E-state index >= 15 is 0 Å². The first-order chi connectivity index (χ1) is 8.64. The van der Waals surface area contributed by atoms with Crippen molar-refractivity contribution in [1.29, 1.82) is 0 Å². The van der Waals surface area contributed by atoms with Crippen molar-refractivity contribution in [3.05, 3.63) is 35.4 Å². The molecule has 1 aromatic carbocycles. The van der Waals surface area contributed by atoms with Gasteiger partial charge in [-0.25, -0.2) is 4.79 Å². The van der Waals surface area contributed by atoms with E-state index < -0.39 is 11.5 Å². The minimum Gasteiger partial charge on any atom is -0.478 e. The average molecular weight is 264 g/mol. The van der Waals surface area contributed by atoms with Gasteiger partial charge in [-0.1, -0.05) is 26.0 Å². The second-order valence-corrected chi connectivity index (χ2v) is 6.12. The molecule has 0 aliphatic heterocycles. The van der Waals surface area contributed by atoms with Crippen molar-refractivity contribution < 1.29 is 15.1 Å². The number of aromatic carboxylic acids is 1. The Morgan fingerprint density at radius 3 is 2.26 bits per heavy atom. The maximum absolute atomic E-state index is 12.5. The van der Waals surface area contributed by atoms with Crippen molar-refractivity contribution in [2.45, 2.75) is 46.2 Å². The molecule has 1 radical (unpaired) electrons. The third-order valence-corrected chi connectivity index (χ3v) is 3.02. The molecule has 19 heavy (non-hydrogen) atoms. The number of carboxylic acid groups (broad SMARTS) is 1. The van der Waals surface area contributed by atoms with Crippen LogP contribution in [-0.2, 0) is 5.21 Å². The molecule has 1 aromatic rings. The number of carbonyl (C=O) groups is 1. The molecular formula is C15H22NO3. The van der Waals surface area contributed by atoms with Gasteiger partial charge in [0.05, 0.1) is 11.6 Å². The molecule has 0 aliphatic carbocycles. The van der Waals surface area contributed by atoms with Crippen molar-refractivity contribution in [3.63, 3.8) is 0 Å². The molecule has 4 heteroatoms. The number of nitrogens with zero attached hydrogens (tertiary/aromatic N) is 1. The van der Waals surface area contributed by atoms with Crippen LogP contribution in [0, 0.1) is 5.92 Å². The second-order valence-electron chi connectivity index (χ2n) is 6.12. The van der Waals surface area contributed by atoms with E-state index in [2.05, 4.69) is 0 Å². The quantitative estimate of drug-likeness (QED) is 0.846. The maximum Gasteiger partial charge on any atom is 0.335 e. The van der Waals surface area contributed by atoms with Gasteiger partial charge in [-0.05, 0) is 44.4 Å². The van der Waals surface area contributed by atoms with Crippen molar-refractivity contribution >= 4 is 5.97 Å². The van der Waals surface area contributed by atoms with Crippen LogP contribution < -0.4 is 0 Å². The predicted octanol–water partition coefficient (Wildman–Crippen LogP) is 3.53. The highest BCUT2D eigenvalue weighted by atomic mass is 16.5. The Kier molecular flexibility index (Phi) is 4.71. The smallest absolute Gasteiger partial charge is 0.335 e. The maximum atomic E-state index is 12.5. The Morgan fingerprint density at radius 2 is 1.84 bits per heavy atom. The summed E-state index contributed by atoms with van der Waals surface area (Å²) < 4.78 is 0. The number of rotatable bonds is 4. The molecule has 0 saturated heterocycles. The molecule has 0 fully saturated rings. The molecule has 0 aromatic heterocycles. The topological polar surface area (TPSA) is 60.4 Å². The number of hydrogen-bond acceptors (Lipinski definition) is 2. The molecule has 0 heterocycles. The molecule has 1 atom stereocenters. The largest absolute Gasteiger partial charge is 0.478 e. The summed E-state index contributed by atoms with van der Waals surface area (Å²) in [6.07, 6.45) is 0. The lowest BCUT2D eigenvalue weighted by atomic mass is 9.91. The highest BCUT2D eigenvalue weighted by Crippen LogP contribution is 2.33. The summed E-state index contributed by atoms with van der Waals surface area (Å²) in [5, 5.41) is 22.5. The van der Waals surface area contributed by atoms with Gasteiger partial charge < -0.3 is 5.11 Å². The van der Waals surface area contributed by atoms with Gasteiger partial charge >= 0.3 is 5.97 Å². The van der Waals surface area contributed by atoms with Crippen LogP contribution >= 0.6 is 0 Å². The minimum atomic E-state index is -0.974. The summed E-state index contributed by atoms with van der Waals surface area (Å²) in [7, 11) is 0. The molecule has 0 aliphatic rings. The van der Waals surface area contributed by atoms with Crippen molar-refractivity contribution in [2.24, 2.45) is 5.92 Å². The summed E-state index contributed by atoms with van der Waals surface area (Å²) in [4.78, 5) is 11.0. The van der Waals surface area contributed by atoms with Crippen LogP contribution in [0.15, 0.2) is 24.3 Å². The fourth-order valence-corrected chi connectivity index (χ4v) is 2.06. The van der Waals surface area contributed by atoms with Crippen LogP contribution in [0.5, 0.6) is 0 Å². The standard InChI is InChI=1S/C15H22NO3/c1-10(2)13(16(19)15(3,4)5)11-7-6-8-12(9-11)14(17)18/h6-10,13H,1-5H3,(H,17,18). The first-order valence-corrected chi connectivity index (χ1v) is 6.44. The Morgan fingerprint density at radius 1 is 1.26 bits per heavy atom. The molecule has 1 unspecified atom stereocenters. The molecule has 1 rings (SSSR count). The summed E-state index contributed by atoms with van der Waals surface area (Å²) in [6, 6.07) is 6.27. The zero-order valence-electron chi connectivity index (χ0n) is 12.2. The zero-order valence-corrected chi connectivity index (χ0v) is 12.2. The highest BCUT2D eigenvalue weighted by Gasteiger charge is 2.32. The summed E-state index contributed by atoms with van der Waals surface area (Å²) >= 11 is 0. The molecule has 0 saturated carbocycles. The SMILES string of the molecule is CC(C)C(c1cccc(C(=O)O)c1)N([O])C(C)(C)C. The highest BCUT2D eigenvalue weighted by molar-refractivity contribution is 5.87. The van der Waals surface area contributed by atoms with Crippen molar-refractivity contribution in [1.82, 2.24) is 5.06 Å². The van der Waals surface area contributed by atoms with Gasteiger partial charge in [-0.2, -0.15) is 0 Å². The van der Waals surface area contributed by atoms with Gasteiger partial charge in [0.2, 0.25) is 0 Å². The summed E-state index contributed by atoms with van der Waals surface area (Å²) in [6.45, 7) is 9.51. The Balaban J connectivity index is 3.20. The number of carboxylic acids is 1. The molecule has 105 valence electrons. The van der Waals surface area contributed by atoms with Gasteiger partial charge in [0.15, 0.2) is 0 Å². The lowest BCUT2D eigenvalue weighted by Crippen LogP contribution is -2.42. The normalized spacial score (nSPS) is 13.9. The Labute approximate surface area is 114 Å². The van der Waals surface area contributed by atoms with E-state index in [9.17, 15) is 10.0 Å². The van der Waals surface area contributed by atoms with Crippen LogP contribution in [-0.4, -0.2) is 21.7 Å². The molecule has 0 spiro atoms. The van der Waals surface area contributed by atoms with Gasteiger partial charge in [0.25, 0.3) is 0 Å². The Hall–Kier alpha value is -1.39. The zero-order chi connectivity index (χ0) is 14.8. The lowest BCUT2D eigenvalue weighted by Gasteiger charge is -2.36. The van der Waals surface area contributed by atoms with Gasteiger partial charge in [0.1, 0.15) is 0 Å². The van der Waals surface area contributed by atoms with E-state index in [1.165, 1.54) is 6.07 Å².